The summed E-state index contributed by atoms with van der Waals surface area (Å²) < 4.78 is 74.8. The normalized spacial score (nSPS) is 22.2. The number of aliphatic carboxylic acids is 1. The molecule has 0 saturated heterocycles. The molecular formula is C20H23F3N2O5S. The maximum atomic E-state index is 13.8. The fourth-order valence-corrected chi connectivity index (χ4v) is 5.90. The van der Waals surface area contributed by atoms with Crippen LogP contribution in [0.15, 0.2) is 35.5 Å². The molecule has 3 atom stereocenters. The van der Waals surface area contributed by atoms with Crippen LogP contribution in [0, 0.1) is 5.92 Å². The highest BCUT2D eigenvalue weighted by Crippen LogP contribution is 2.42. The lowest BCUT2D eigenvalue weighted by Crippen LogP contribution is -2.27. The van der Waals surface area contributed by atoms with Crippen molar-refractivity contribution in [3.8, 4) is 11.1 Å². The van der Waals surface area contributed by atoms with Crippen molar-refractivity contribution in [3.05, 3.63) is 36.2 Å². The first kappa shape index (κ1) is 23.3. The van der Waals surface area contributed by atoms with Gasteiger partial charge in [0.05, 0.1) is 40.0 Å². The molecule has 0 unspecified atom stereocenters. The Labute approximate surface area is 177 Å². The van der Waals surface area contributed by atoms with Gasteiger partial charge in [-0.2, -0.15) is 18.3 Å². The number of ether oxygens (including phenoxy) is 1. The number of rotatable bonds is 6. The molecule has 1 aliphatic carbocycles. The maximum Gasteiger partial charge on any atom is 0.417 e. The smallest absolute Gasteiger partial charge is 0.417 e. The lowest BCUT2D eigenvalue weighted by atomic mass is 10.1. The molecule has 170 valence electrons. The van der Waals surface area contributed by atoms with Crippen molar-refractivity contribution in [1.29, 1.82) is 0 Å². The lowest BCUT2D eigenvalue weighted by Gasteiger charge is -2.19. The number of carbonyl (C=O) groups is 1. The van der Waals surface area contributed by atoms with Crippen LogP contribution in [0.1, 0.15) is 32.3 Å². The largest absolute Gasteiger partial charge is 0.481 e. The Morgan fingerprint density at radius 2 is 1.94 bits per heavy atom. The van der Waals surface area contributed by atoms with Crippen LogP contribution in [-0.4, -0.2) is 46.7 Å². The highest BCUT2D eigenvalue weighted by atomic mass is 32.2. The molecule has 11 heteroatoms. The number of carboxylic acid groups (broad SMARTS) is 1. The third kappa shape index (κ3) is 4.77. The number of aryl methyl sites for hydroxylation is 1. The van der Waals surface area contributed by atoms with E-state index in [1.54, 1.807) is 20.9 Å². The van der Waals surface area contributed by atoms with Crippen LogP contribution in [0.4, 0.5) is 13.2 Å². The monoisotopic (exact) mass is 460 g/mol. The van der Waals surface area contributed by atoms with Crippen LogP contribution in [0.2, 0.25) is 0 Å². The van der Waals surface area contributed by atoms with E-state index in [4.69, 9.17) is 4.74 Å². The zero-order chi connectivity index (χ0) is 23.1. The molecule has 1 N–H and O–H groups in total. The topological polar surface area (TPSA) is 98.5 Å². The molecule has 0 bridgehead atoms. The number of nitrogens with zero attached hydrogens (tertiary/aromatic N) is 2. The highest BCUT2D eigenvalue weighted by molar-refractivity contribution is 7.92. The van der Waals surface area contributed by atoms with E-state index in [9.17, 15) is 31.5 Å². The van der Waals surface area contributed by atoms with Crippen molar-refractivity contribution >= 4 is 15.8 Å². The number of carboxylic acids is 1. The summed E-state index contributed by atoms with van der Waals surface area (Å²) in [5.41, 5.74) is -0.696. The van der Waals surface area contributed by atoms with Crippen molar-refractivity contribution in [3.63, 3.8) is 0 Å². The fraction of sp³-hybridized carbons (Fsp3) is 0.500. The Kier molecular flexibility index (Phi) is 6.21. The van der Waals surface area contributed by atoms with E-state index < -0.39 is 49.7 Å². The van der Waals surface area contributed by atoms with Crippen molar-refractivity contribution in [2.24, 2.45) is 13.0 Å². The first-order valence-electron chi connectivity index (χ1n) is 9.63. The Bertz CT molecular complexity index is 1080. The number of aromatic nitrogens is 2. The summed E-state index contributed by atoms with van der Waals surface area (Å²) in [5.74, 6) is -2.34. The first-order valence-corrected chi connectivity index (χ1v) is 11.2. The van der Waals surface area contributed by atoms with Gasteiger partial charge in [-0.3, -0.25) is 9.48 Å². The van der Waals surface area contributed by atoms with Gasteiger partial charge in [-0.05, 0) is 44.4 Å². The van der Waals surface area contributed by atoms with Crippen molar-refractivity contribution in [1.82, 2.24) is 9.78 Å². The van der Waals surface area contributed by atoms with Gasteiger partial charge < -0.3 is 9.84 Å². The van der Waals surface area contributed by atoms with Gasteiger partial charge in [-0.15, -0.1) is 0 Å². The number of benzene rings is 1. The number of hydrogen-bond acceptors (Lipinski definition) is 5. The molecule has 1 saturated carbocycles. The van der Waals surface area contributed by atoms with E-state index in [2.05, 4.69) is 5.10 Å². The van der Waals surface area contributed by atoms with Gasteiger partial charge in [-0.1, -0.05) is 6.07 Å². The summed E-state index contributed by atoms with van der Waals surface area (Å²) in [4.78, 5) is 10.7. The van der Waals surface area contributed by atoms with Gasteiger partial charge in [0.2, 0.25) is 0 Å². The Morgan fingerprint density at radius 1 is 1.26 bits per heavy atom. The van der Waals surface area contributed by atoms with Gasteiger partial charge in [0, 0.05) is 18.8 Å². The van der Waals surface area contributed by atoms with Gasteiger partial charge in [0.15, 0.2) is 9.84 Å². The van der Waals surface area contributed by atoms with Crippen LogP contribution in [0.3, 0.4) is 0 Å². The zero-order valence-corrected chi connectivity index (χ0v) is 17.9. The minimum Gasteiger partial charge on any atom is -0.481 e. The van der Waals surface area contributed by atoms with Crippen LogP contribution >= 0.6 is 0 Å². The third-order valence-corrected chi connectivity index (χ3v) is 7.53. The lowest BCUT2D eigenvalue weighted by molar-refractivity contribution is -0.147. The standard InChI is InChI=1S/C20H23F3N2O5S/c1-11(2)30-17-8-14(7-15(17)19(26)27)31(28,29)18-5-4-12(6-16(18)20(21,22)23)13-9-24-25(3)10-13/h4-6,9-11,14-15,17H,7-8H2,1-3H3,(H,26,27)/t14-,15-,17-/m1/s1. The minimum atomic E-state index is -4.92. The zero-order valence-electron chi connectivity index (χ0n) is 17.1. The summed E-state index contributed by atoms with van der Waals surface area (Å²) in [7, 11) is -2.85. The molecule has 1 fully saturated rings. The molecule has 0 spiro atoms. The average molecular weight is 460 g/mol. The summed E-state index contributed by atoms with van der Waals surface area (Å²) in [5, 5.41) is 12.1. The Hall–Kier alpha value is -2.40. The van der Waals surface area contributed by atoms with Gasteiger partial charge in [-0.25, -0.2) is 8.42 Å². The second-order valence-corrected chi connectivity index (χ2v) is 10.1. The van der Waals surface area contributed by atoms with E-state index in [0.717, 1.165) is 12.1 Å². The number of alkyl halides is 3. The van der Waals surface area contributed by atoms with E-state index in [1.807, 2.05) is 0 Å². The number of hydrogen-bond donors (Lipinski definition) is 1. The van der Waals surface area contributed by atoms with E-state index >= 15 is 0 Å². The number of halogens is 3. The summed E-state index contributed by atoms with van der Waals surface area (Å²) in [6.45, 7) is 3.36. The molecule has 1 aromatic heterocycles. The Morgan fingerprint density at radius 3 is 2.45 bits per heavy atom. The highest BCUT2D eigenvalue weighted by Gasteiger charge is 2.48. The van der Waals surface area contributed by atoms with Crippen molar-refractivity contribution in [2.75, 3.05) is 0 Å². The molecule has 0 radical (unpaired) electrons. The summed E-state index contributed by atoms with van der Waals surface area (Å²) >= 11 is 0. The maximum absolute atomic E-state index is 13.8. The van der Waals surface area contributed by atoms with Crippen LogP contribution in [0.5, 0.6) is 0 Å². The van der Waals surface area contributed by atoms with Crippen LogP contribution in [-0.2, 0) is 32.6 Å². The molecule has 1 aliphatic rings. The first-order chi connectivity index (χ1) is 14.3. The predicted molar refractivity (Wildman–Crippen MR) is 105 cm³/mol. The molecule has 1 heterocycles. The van der Waals surface area contributed by atoms with Gasteiger partial charge in [0.25, 0.3) is 0 Å². The molecule has 0 amide bonds. The Balaban J connectivity index is 2.03. The molecular weight excluding hydrogens is 437 g/mol. The molecule has 1 aromatic carbocycles. The van der Waals surface area contributed by atoms with E-state index in [1.165, 1.54) is 23.1 Å². The quantitative estimate of drug-likeness (QED) is 0.708. The molecule has 0 aliphatic heterocycles. The fourth-order valence-electron chi connectivity index (χ4n) is 3.90. The molecule has 7 nitrogen and oxygen atoms in total. The predicted octanol–water partition coefficient (Wildman–Crippen LogP) is 3.54. The molecule has 2 aromatic rings. The van der Waals surface area contributed by atoms with Crippen LogP contribution in [0.25, 0.3) is 11.1 Å². The van der Waals surface area contributed by atoms with Gasteiger partial charge >= 0.3 is 12.1 Å². The van der Waals surface area contributed by atoms with E-state index in [0.29, 0.717) is 5.56 Å². The van der Waals surface area contributed by atoms with Crippen molar-refractivity contribution in [2.45, 2.75) is 55.2 Å². The summed E-state index contributed by atoms with van der Waals surface area (Å²) in [6, 6.07) is 3.02. The molecule has 3 rings (SSSR count). The average Bonchev–Trinajstić information content (AvgIpc) is 3.27. The van der Waals surface area contributed by atoms with E-state index in [-0.39, 0.29) is 24.5 Å². The molecule has 31 heavy (non-hydrogen) atoms. The second-order valence-electron chi connectivity index (χ2n) is 7.92. The third-order valence-electron chi connectivity index (χ3n) is 5.29. The van der Waals surface area contributed by atoms with Gasteiger partial charge in [0.1, 0.15) is 0 Å². The minimum absolute atomic E-state index is 0.176. The number of sulfone groups is 1. The van der Waals surface area contributed by atoms with Crippen LogP contribution < -0.4 is 0 Å². The SMILES string of the molecule is CC(C)O[C@@H]1C[C@H](S(=O)(=O)c2ccc(-c3cnn(C)c3)cc2C(F)(F)F)C[C@H]1C(=O)O. The van der Waals surface area contributed by atoms with Crippen molar-refractivity contribution < 1.29 is 36.2 Å². The summed E-state index contributed by atoms with van der Waals surface area (Å²) in [6.07, 6.45) is -3.74. The second kappa shape index (κ2) is 8.27.